The summed E-state index contributed by atoms with van der Waals surface area (Å²) in [6, 6.07) is 18.2. The minimum absolute atomic E-state index is 0.148. The molecule has 0 amide bonds. The van der Waals surface area contributed by atoms with Crippen LogP contribution in [0.5, 0.6) is 23.0 Å². The second-order valence-corrected chi connectivity index (χ2v) is 41.9. The van der Waals surface area contributed by atoms with E-state index in [1.54, 1.807) is 0 Å². The van der Waals surface area contributed by atoms with Crippen molar-refractivity contribution in [2.45, 2.75) is 316 Å². The van der Waals surface area contributed by atoms with Crippen molar-refractivity contribution in [2.24, 2.45) is 0 Å². The van der Waals surface area contributed by atoms with Crippen molar-refractivity contribution in [1.82, 2.24) is 0 Å². The molecule has 0 N–H and O–H groups in total. The van der Waals surface area contributed by atoms with Crippen LogP contribution in [0.2, 0.25) is 0 Å². The van der Waals surface area contributed by atoms with Gasteiger partial charge >= 0.3 is 30.4 Å². The molecule has 20 heteroatoms. The Labute approximate surface area is 605 Å². The average Bonchev–Trinajstić information content (AvgIpc) is 0.763. The van der Waals surface area contributed by atoms with Crippen molar-refractivity contribution >= 4 is 30.4 Å². The maximum atomic E-state index is 14.5. The first kappa shape index (κ1) is 87.3. The van der Waals surface area contributed by atoms with Crippen molar-refractivity contribution in [2.75, 3.05) is 51.1 Å². The molecule has 8 bridgehead atoms. The van der Waals surface area contributed by atoms with Crippen molar-refractivity contribution in [3.63, 3.8) is 0 Å². The highest BCUT2D eigenvalue weighted by molar-refractivity contribution is 7.54. The van der Waals surface area contributed by atoms with E-state index in [0.717, 1.165) is 66.8 Å². The molecule has 0 radical (unpaired) electrons. The van der Waals surface area contributed by atoms with Gasteiger partial charge in [-0.05, 0) is 225 Å². The van der Waals surface area contributed by atoms with Crippen LogP contribution in [0.25, 0.3) is 0 Å². The Balaban J connectivity index is 1.99. The molecule has 5 rings (SSSR count). The van der Waals surface area contributed by atoms with E-state index >= 15 is 0 Å². The monoisotopic (exact) mass is 1470 g/mol. The Morgan fingerprint density at radius 1 is 0.260 bits per heavy atom. The van der Waals surface area contributed by atoms with Gasteiger partial charge in [-0.15, -0.1) is 0 Å². The van der Waals surface area contributed by atoms with Gasteiger partial charge in [0.25, 0.3) is 0 Å². The van der Waals surface area contributed by atoms with E-state index in [9.17, 15) is 18.3 Å². The number of fused-ring (bicyclic) bond motifs is 8. The van der Waals surface area contributed by atoms with Gasteiger partial charge in [-0.1, -0.05) is 132 Å². The summed E-state index contributed by atoms with van der Waals surface area (Å²) in [7, 11) is -14.2. The minimum atomic E-state index is -3.54. The zero-order chi connectivity index (χ0) is 75.3. The average molecular weight is 1470 g/mol. The lowest BCUT2D eigenvalue weighted by Crippen LogP contribution is -2.18. The van der Waals surface area contributed by atoms with Crippen LogP contribution >= 0.6 is 30.4 Å². The number of rotatable bonds is 36. The number of ether oxygens (including phenoxy) is 4. The van der Waals surface area contributed by atoms with Crippen LogP contribution < -0.4 is 18.9 Å². The Morgan fingerprint density at radius 2 is 0.390 bits per heavy atom. The topological polar surface area (TPSA) is 179 Å². The van der Waals surface area contributed by atoms with Gasteiger partial charge in [-0.3, -0.25) is 18.3 Å². The lowest BCUT2D eigenvalue weighted by Gasteiger charge is -2.29. The van der Waals surface area contributed by atoms with Gasteiger partial charge in [0.05, 0.1) is 99.9 Å². The summed E-state index contributed by atoms with van der Waals surface area (Å²) >= 11 is 0. The molecule has 1 aliphatic carbocycles. The Kier molecular flexibility index (Phi) is 32.1. The third kappa shape index (κ3) is 27.9. The van der Waals surface area contributed by atoms with E-state index in [1.807, 2.05) is 111 Å². The molecule has 1 aliphatic rings. The summed E-state index contributed by atoms with van der Waals surface area (Å²) in [6.45, 7) is 57.5. The van der Waals surface area contributed by atoms with Gasteiger partial charge in [0.2, 0.25) is 0 Å². The van der Waals surface area contributed by atoms with Crippen molar-refractivity contribution < 1.29 is 73.4 Å². The van der Waals surface area contributed by atoms with E-state index in [1.165, 1.54) is 0 Å². The molecule has 0 saturated heterocycles. The number of benzene rings is 4. The van der Waals surface area contributed by atoms with Crippen molar-refractivity contribution in [3.8, 4) is 23.0 Å². The van der Waals surface area contributed by atoms with Crippen LogP contribution in [-0.2, 0) is 102 Å². The van der Waals surface area contributed by atoms with Crippen molar-refractivity contribution in [1.29, 1.82) is 0 Å². The lowest BCUT2D eigenvalue weighted by molar-refractivity contribution is 0.140. The van der Waals surface area contributed by atoms with E-state index in [4.69, 9.17) is 55.1 Å². The first-order valence-electron chi connectivity index (χ1n) is 37.0. The molecule has 0 spiro atoms. The van der Waals surface area contributed by atoms with E-state index in [-0.39, 0.29) is 122 Å². The molecule has 100 heavy (non-hydrogen) atoms. The molecule has 0 heterocycles. The van der Waals surface area contributed by atoms with Crippen LogP contribution in [0.1, 0.15) is 286 Å². The third-order valence-corrected chi connectivity index (χ3v) is 25.6. The van der Waals surface area contributed by atoms with E-state index in [2.05, 4.69) is 132 Å². The molecule has 0 saturated carbocycles. The molecule has 16 nitrogen and oxygen atoms in total. The second kappa shape index (κ2) is 36.8. The maximum Gasteiger partial charge on any atom is 0.331 e. The first-order chi connectivity index (χ1) is 46.0. The van der Waals surface area contributed by atoms with Gasteiger partial charge in [0, 0.05) is 25.7 Å². The van der Waals surface area contributed by atoms with Crippen molar-refractivity contribution in [3.05, 3.63) is 115 Å². The Hall–Kier alpha value is -3.32. The number of hydrogen-bond donors (Lipinski definition) is 0. The quantitative estimate of drug-likeness (QED) is 0.0273. The third-order valence-electron chi connectivity index (χ3n) is 16.2. The smallest absolute Gasteiger partial charge is 0.331 e. The lowest BCUT2D eigenvalue weighted by atomic mass is 9.79. The fourth-order valence-electron chi connectivity index (χ4n) is 12.2. The van der Waals surface area contributed by atoms with Crippen LogP contribution in [0.15, 0.2) is 48.5 Å². The molecule has 0 aliphatic heterocycles. The summed E-state index contributed by atoms with van der Waals surface area (Å²) in [5.74, 6) is 2.78. The molecule has 4 aromatic carbocycles. The summed E-state index contributed by atoms with van der Waals surface area (Å²) in [4.78, 5) is 0. The standard InChI is InChI=1S/C80H132O16P4/c1-53(2)89-97(81,90-54(3)4)37-29-33-85-73-61-41-63-47-70(78(20,21)22)49-65(74(63)86-34-30-38-98(82,91-55(5)6)92-56(7)8)43-67-51-72(80(26,27)28)52-68(76(67)88-36-32-40-100(84,95-59(13)14)96-60(15)16)44-66-50-71(79(23,24)25)48-64(42-62(73)46-69(45-61)77(17,18)19)75(66)87-35-31-39-99(83,93-57(9)10)94-58(11)12/h45-60H,29-44H2,1-28H3. The highest BCUT2D eigenvalue weighted by atomic mass is 31.2. The van der Waals surface area contributed by atoms with Gasteiger partial charge in [-0.25, -0.2) is 0 Å². The highest BCUT2D eigenvalue weighted by Crippen LogP contribution is 2.55. The summed E-state index contributed by atoms with van der Waals surface area (Å²) in [5.41, 5.74) is 10.5. The Morgan fingerprint density at radius 3 is 0.500 bits per heavy atom. The number of hydrogen-bond acceptors (Lipinski definition) is 16. The fraction of sp³-hybridized carbons (Fsp3) is 0.700. The summed E-state index contributed by atoms with van der Waals surface area (Å²) in [5, 5.41) is 0. The van der Waals surface area contributed by atoms with Gasteiger partial charge in [-0.2, -0.15) is 0 Å². The normalized spacial score (nSPS) is 14.1. The van der Waals surface area contributed by atoms with Gasteiger partial charge < -0.3 is 55.1 Å². The van der Waals surface area contributed by atoms with Crippen LogP contribution in [0, 0.1) is 0 Å². The van der Waals surface area contributed by atoms with E-state index in [0.29, 0.717) is 74.4 Å². The Bertz CT molecular complexity index is 2880. The van der Waals surface area contributed by atoms with Gasteiger partial charge in [0.1, 0.15) is 23.0 Å². The molecule has 0 aromatic heterocycles. The molecular formula is C80H132O16P4. The molecule has 0 unspecified atom stereocenters. The predicted molar refractivity (Wildman–Crippen MR) is 412 cm³/mol. The SMILES string of the molecule is CC(C)OP(=O)(CCCOc1c2cc(C(C)(C)C)cc1Cc1cc(C(C)(C)C)cc(c1OCCCP(=O)(OC(C)C)OC(C)C)Cc1cc(C(C)(C)C)cc(c1OCCCP(=O)(OC(C)C)OC(C)C)Cc1cc(C(C)(C)C)cc(c1OCCCP(=O)(OC(C)C)OC(C)C)C2)OC(C)C. The molecule has 0 fully saturated rings. The van der Waals surface area contributed by atoms with Crippen LogP contribution in [-0.4, -0.2) is 99.9 Å². The molecule has 568 valence electrons. The maximum absolute atomic E-state index is 14.5. The van der Waals surface area contributed by atoms with Gasteiger partial charge in [0.15, 0.2) is 0 Å². The molecule has 4 aromatic rings. The fourth-order valence-corrected chi connectivity index (χ4v) is 20.4. The highest BCUT2D eigenvalue weighted by Gasteiger charge is 2.35. The first-order valence-corrected chi connectivity index (χ1v) is 43.9. The zero-order valence-corrected chi connectivity index (χ0v) is 70.4. The zero-order valence-electron chi connectivity index (χ0n) is 66.9. The summed E-state index contributed by atoms with van der Waals surface area (Å²) in [6.07, 6.45) is 0.988. The molecular weight excluding hydrogens is 1340 g/mol. The molecule has 0 atom stereocenters. The van der Waals surface area contributed by atoms with Crippen LogP contribution in [0.4, 0.5) is 0 Å². The largest absolute Gasteiger partial charge is 0.493 e. The predicted octanol–water partition coefficient (Wildman–Crippen LogP) is 22.8. The second-order valence-electron chi connectivity index (χ2n) is 33.6. The minimum Gasteiger partial charge on any atom is -0.493 e. The van der Waals surface area contributed by atoms with E-state index < -0.39 is 30.4 Å². The summed E-state index contributed by atoms with van der Waals surface area (Å²) < 4.78 is 136. The van der Waals surface area contributed by atoms with Crippen LogP contribution in [0.3, 0.4) is 0 Å².